The fraction of sp³-hybridized carbons (Fsp3) is 0.667. The van der Waals surface area contributed by atoms with Crippen LogP contribution in [0.4, 0.5) is 4.79 Å². The van der Waals surface area contributed by atoms with Gasteiger partial charge < -0.3 is 9.47 Å². The molecule has 0 aliphatic carbocycles. The van der Waals surface area contributed by atoms with Crippen LogP contribution >= 0.6 is 0 Å². The molecule has 0 aliphatic rings. The second-order valence-electron chi connectivity index (χ2n) is 0.658. The molecule has 0 saturated carbocycles. The first-order valence-electron chi connectivity index (χ1n) is 1.43. The van der Waals surface area contributed by atoms with Crippen LogP contribution < -0.4 is 0 Å². The molecule has 0 unspecified atom stereocenters. The molecular weight excluding hydrogens is 143 g/mol. The average molecular weight is 149 g/mol. The number of hydrogen-bond donors (Lipinski definition) is 0. The molecule has 0 heterocycles. The molecule has 0 spiro atoms. The minimum atomic E-state index is -0.657. The molecule has 0 aromatic heterocycles. The van der Waals surface area contributed by atoms with E-state index >= 15 is 0 Å². The molecule has 0 radical (unpaired) electrons. The van der Waals surface area contributed by atoms with Gasteiger partial charge in [-0.3, -0.25) is 0 Å². The molecule has 46 valence electrons. The van der Waals surface area contributed by atoms with Crippen LogP contribution in [0.5, 0.6) is 0 Å². The van der Waals surface area contributed by atoms with Gasteiger partial charge in [-0.15, -0.1) is 0 Å². The Morgan fingerprint density at radius 3 is 1.57 bits per heavy atom. The monoisotopic (exact) mass is 148 g/mol. The largest absolute Gasteiger partial charge is 0.507 e. The zero-order chi connectivity index (χ0) is 4.99. The zero-order valence-corrected chi connectivity index (χ0v) is 5.03. The van der Waals surface area contributed by atoms with E-state index in [2.05, 4.69) is 9.47 Å². The maximum atomic E-state index is 9.74. The van der Waals surface area contributed by atoms with Crippen molar-refractivity contribution in [3.63, 3.8) is 0 Å². The smallest absolute Gasteiger partial charge is 0.438 e. The van der Waals surface area contributed by atoms with E-state index < -0.39 is 6.16 Å². The maximum absolute atomic E-state index is 9.74. The van der Waals surface area contributed by atoms with Gasteiger partial charge >= 0.3 is 6.16 Å². The summed E-state index contributed by atoms with van der Waals surface area (Å²) >= 11 is 0. The number of carbonyl (C=O) groups is 1. The van der Waals surface area contributed by atoms with Gasteiger partial charge in [-0.1, -0.05) is 0 Å². The van der Waals surface area contributed by atoms with Crippen LogP contribution in [0.3, 0.4) is 0 Å². The summed E-state index contributed by atoms with van der Waals surface area (Å²) in [7, 11) is 2.51. The minimum absolute atomic E-state index is 0. The third kappa shape index (κ3) is 5.76. The first-order valence-corrected chi connectivity index (χ1v) is 1.43. The van der Waals surface area contributed by atoms with E-state index in [1.807, 2.05) is 0 Å². The second-order valence-corrected chi connectivity index (χ2v) is 0.658. The summed E-state index contributed by atoms with van der Waals surface area (Å²) in [5.41, 5.74) is 0. The summed E-state index contributed by atoms with van der Waals surface area (Å²) in [4.78, 5) is 9.74. The van der Waals surface area contributed by atoms with Crippen molar-refractivity contribution in [2.75, 3.05) is 14.2 Å². The molecule has 0 amide bonds. The van der Waals surface area contributed by atoms with E-state index in [1.165, 1.54) is 14.2 Å². The van der Waals surface area contributed by atoms with E-state index in [4.69, 9.17) is 0 Å². The third-order valence-corrected chi connectivity index (χ3v) is 0.333. The molecule has 7 heavy (non-hydrogen) atoms. The molecule has 4 heteroatoms. The summed E-state index contributed by atoms with van der Waals surface area (Å²) in [5, 5.41) is 0. The van der Waals surface area contributed by atoms with E-state index in [0.717, 1.165) is 0 Å². The Balaban J connectivity index is 0. The molecule has 0 aliphatic heterocycles. The van der Waals surface area contributed by atoms with Gasteiger partial charge in [0.1, 0.15) is 0 Å². The Morgan fingerprint density at radius 1 is 1.29 bits per heavy atom. The maximum Gasteiger partial charge on any atom is 0.507 e. The first-order chi connectivity index (χ1) is 2.81. The Morgan fingerprint density at radius 2 is 1.57 bits per heavy atom. The van der Waals surface area contributed by atoms with Crippen LogP contribution in [0.15, 0.2) is 0 Å². The van der Waals surface area contributed by atoms with E-state index in [-0.39, 0.29) is 16.5 Å². The molecule has 0 saturated heterocycles. The number of carbonyl (C=O) groups excluding carboxylic acids is 1. The molecular formula is C3H6NiO3. The van der Waals surface area contributed by atoms with Crippen molar-refractivity contribution < 1.29 is 30.8 Å². The van der Waals surface area contributed by atoms with Crippen molar-refractivity contribution in [1.29, 1.82) is 0 Å². The number of hydrogen-bond acceptors (Lipinski definition) is 3. The Hall–Kier alpha value is -0.236. The van der Waals surface area contributed by atoms with Crippen molar-refractivity contribution in [3.05, 3.63) is 0 Å². The van der Waals surface area contributed by atoms with Crippen molar-refractivity contribution >= 4 is 6.16 Å². The fourth-order valence-electron chi connectivity index (χ4n) is 0.0833. The number of methoxy groups -OCH3 is 2. The third-order valence-electron chi connectivity index (χ3n) is 0.333. The molecule has 0 aromatic rings. The summed E-state index contributed by atoms with van der Waals surface area (Å²) in [5.74, 6) is 0. The van der Waals surface area contributed by atoms with Gasteiger partial charge in [0.2, 0.25) is 0 Å². The van der Waals surface area contributed by atoms with Gasteiger partial charge in [0.25, 0.3) is 0 Å². The van der Waals surface area contributed by atoms with E-state index in [1.54, 1.807) is 0 Å². The van der Waals surface area contributed by atoms with Crippen LogP contribution in [-0.2, 0) is 26.0 Å². The fourth-order valence-corrected chi connectivity index (χ4v) is 0.0833. The van der Waals surface area contributed by atoms with Gasteiger partial charge in [-0.2, -0.15) is 0 Å². The quantitative estimate of drug-likeness (QED) is 0.369. The Kier molecular flexibility index (Phi) is 8.15. The molecule has 0 rings (SSSR count). The predicted octanol–water partition coefficient (Wildman–Crippen LogP) is 0.397. The zero-order valence-electron chi connectivity index (χ0n) is 4.04. The number of ether oxygens (including phenoxy) is 2. The van der Waals surface area contributed by atoms with Gasteiger partial charge in [0.05, 0.1) is 14.2 Å². The Labute approximate surface area is 51.9 Å². The van der Waals surface area contributed by atoms with Crippen molar-refractivity contribution in [3.8, 4) is 0 Å². The summed E-state index contributed by atoms with van der Waals surface area (Å²) < 4.78 is 8.08. The van der Waals surface area contributed by atoms with Crippen LogP contribution in [-0.4, -0.2) is 20.4 Å². The van der Waals surface area contributed by atoms with Gasteiger partial charge in [-0.05, 0) is 0 Å². The first kappa shape index (κ1) is 9.90. The molecule has 0 aromatic carbocycles. The van der Waals surface area contributed by atoms with Crippen LogP contribution in [0.1, 0.15) is 0 Å². The second kappa shape index (κ2) is 5.76. The standard InChI is InChI=1S/C3H6O3.Ni/c1-5-3(4)6-2;/h1-2H3;. The van der Waals surface area contributed by atoms with Gasteiger partial charge in [0.15, 0.2) is 0 Å². The number of rotatable bonds is 0. The van der Waals surface area contributed by atoms with Crippen LogP contribution in [0.25, 0.3) is 0 Å². The van der Waals surface area contributed by atoms with Gasteiger partial charge in [-0.25, -0.2) is 4.79 Å². The summed E-state index contributed by atoms with van der Waals surface area (Å²) in [6.07, 6.45) is -0.657. The normalized spacial score (nSPS) is 6.00. The topological polar surface area (TPSA) is 35.5 Å². The van der Waals surface area contributed by atoms with Crippen LogP contribution in [0.2, 0.25) is 0 Å². The molecule has 0 fully saturated rings. The predicted molar refractivity (Wildman–Crippen MR) is 19.4 cm³/mol. The van der Waals surface area contributed by atoms with Crippen LogP contribution in [0, 0.1) is 0 Å². The molecule has 0 atom stereocenters. The SMILES string of the molecule is COC(=O)OC.[Ni]. The van der Waals surface area contributed by atoms with Crippen molar-refractivity contribution in [1.82, 2.24) is 0 Å². The molecule has 0 N–H and O–H groups in total. The summed E-state index contributed by atoms with van der Waals surface area (Å²) in [6.45, 7) is 0. The van der Waals surface area contributed by atoms with Crippen molar-refractivity contribution in [2.24, 2.45) is 0 Å². The summed E-state index contributed by atoms with van der Waals surface area (Å²) in [6, 6.07) is 0. The van der Waals surface area contributed by atoms with E-state index in [9.17, 15) is 4.79 Å². The molecule has 0 bridgehead atoms. The molecule has 3 nitrogen and oxygen atoms in total. The minimum Gasteiger partial charge on any atom is -0.438 e. The Bertz CT molecular complexity index is 48.1. The van der Waals surface area contributed by atoms with Crippen molar-refractivity contribution in [2.45, 2.75) is 0 Å². The van der Waals surface area contributed by atoms with E-state index in [0.29, 0.717) is 0 Å². The average Bonchev–Trinajstić information content (AvgIpc) is 1.65. The van der Waals surface area contributed by atoms with Gasteiger partial charge in [0, 0.05) is 16.5 Å².